The summed E-state index contributed by atoms with van der Waals surface area (Å²) in [5.41, 5.74) is 2.35. The molecule has 0 bridgehead atoms. The molecule has 3 rings (SSSR count). The Morgan fingerprint density at radius 2 is 1.96 bits per heavy atom. The minimum atomic E-state index is -0.239. The molecule has 0 aliphatic carbocycles. The Kier molecular flexibility index (Phi) is 5.64. The summed E-state index contributed by atoms with van der Waals surface area (Å²) in [5.74, 6) is 1.45. The summed E-state index contributed by atoms with van der Waals surface area (Å²) >= 11 is 0. The zero-order valence-electron chi connectivity index (χ0n) is 16.2. The predicted molar refractivity (Wildman–Crippen MR) is 107 cm³/mol. The number of benzene rings is 2. The maximum absolute atomic E-state index is 12.8. The molecule has 0 aliphatic rings. The molecule has 0 fully saturated rings. The number of nitrogens with zero attached hydrogens (tertiary/aromatic N) is 2. The van der Waals surface area contributed by atoms with E-state index in [0.29, 0.717) is 23.0 Å². The molecule has 0 saturated heterocycles. The fourth-order valence-electron chi connectivity index (χ4n) is 2.95. The van der Waals surface area contributed by atoms with Crippen LogP contribution in [0, 0.1) is 0 Å². The second kappa shape index (κ2) is 8.12. The van der Waals surface area contributed by atoms with Gasteiger partial charge in [-0.15, -0.1) is 0 Å². The Morgan fingerprint density at radius 1 is 1.19 bits per heavy atom. The second-order valence-corrected chi connectivity index (χ2v) is 6.56. The van der Waals surface area contributed by atoms with Crippen molar-refractivity contribution in [3.05, 3.63) is 48.0 Å². The van der Waals surface area contributed by atoms with Crippen LogP contribution >= 0.6 is 0 Å². The molecule has 0 atom stereocenters. The van der Waals surface area contributed by atoms with Gasteiger partial charge in [-0.1, -0.05) is 19.1 Å². The van der Waals surface area contributed by atoms with Crippen LogP contribution in [0.3, 0.4) is 0 Å². The van der Waals surface area contributed by atoms with Gasteiger partial charge >= 0.3 is 0 Å². The number of amides is 1. The molecule has 1 N–H and O–H groups in total. The lowest BCUT2D eigenvalue weighted by atomic mass is 10.2. The fraction of sp³-hybridized carbons (Fsp3) is 0.333. The predicted octanol–water partition coefficient (Wildman–Crippen LogP) is 4.49. The summed E-state index contributed by atoms with van der Waals surface area (Å²) in [7, 11) is 1.56. The van der Waals surface area contributed by atoms with Crippen LogP contribution in [0.5, 0.6) is 11.5 Å². The SMILES string of the molecule is CCCn1c(NC(=O)c2ccc(OC(C)C)c(OC)c2)nc2ccccc21. The van der Waals surface area contributed by atoms with Gasteiger partial charge in [0.15, 0.2) is 11.5 Å². The first-order chi connectivity index (χ1) is 13.0. The normalized spacial score (nSPS) is 11.0. The number of ether oxygens (including phenoxy) is 2. The highest BCUT2D eigenvalue weighted by Crippen LogP contribution is 2.29. The van der Waals surface area contributed by atoms with E-state index in [0.717, 1.165) is 24.0 Å². The molecule has 1 heterocycles. The van der Waals surface area contributed by atoms with Gasteiger partial charge in [-0.25, -0.2) is 4.98 Å². The molecule has 0 saturated carbocycles. The zero-order chi connectivity index (χ0) is 19.4. The summed E-state index contributed by atoms with van der Waals surface area (Å²) in [4.78, 5) is 17.4. The van der Waals surface area contributed by atoms with Crippen LogP contribution in [0.15, 0.2) is 42.5 Å². The summed E-state index contributed by atoms with van der Waals surface area (Å²) in [5, 5.41) is 2.93. The van der Waals surface area contributed by atoms with Gasteiger partial charge in [0.2, 0.25) is 5.95 Å². The Hall–Kier alpha value is -3.02. The monoisotopic (exact) mass is 367 g/mol. The van der Waals surface area contributed by atoms with Crippen LogP contribution in [0.4, 0.5) is 5.95 Å². The second-order valence-electron chi connectivity index (χ2n) is 6.56. The topological polar surface area (TPSA) is 65.4 Å². The van der Waals surface area contributed by atoms with Gasteiger partial charge in [0.25, 0.3) is 5.91 Å². The van der Waals surface area contributed by atoms with Gasteiger partial charge < -0.3 is 14.0 Å². The van der Waals surface area contributed by atoms with Crippen molar-refractivity contribution in [3.63, 3.8) is 0 Å². The number of aryl methyl sites for hydroxylation is 1. The highest BCUT2D eigenvalue weighted by Gasteiger charge is 2.16. The lowest BCUT2D eigenvalue weighted by Gasteiger charge is -2.14. The quantitative estimate of drug-likeness (QED) is 0.668. The average Bonchev–Trinajstić information content (AvgIpc) is 2.99. The van der Waals surface area contributed by atoms with E-state index in [1.165, 1.54) is 0 Å². The Labute approximate surface area is 159 Å². The minimum Gasteiger partial charge on any atom is -0.493 e. The molecule has 1 aromatic heterocycles. The number of methoxy groups -OCH3 is 1. The van der Waals surface area contributed by atoms with Gasteiger partial charge in [-0.3, -0.25) is 10.1 Å². The number of aromatic nitrogens is 2. The number of nitrogens with one attached hydrogen (secondary N) is 1. The minimum absolute atomic E-state index is 0.0209. The van der Waals surface area contributed by atoms with E-state index in [-0.39, 0.29) is 12.0 Å². The number of carbonyl (C=O) groups is 1. The molecule has 0 spiro atoms. The number of carbonyl (C=O) groups excluding carboxylic acids is 1. The summed E-state index contributed by atoms with van der Waals surface area (Å²) in [6, 6.07) is 13.0. The third kappa shape index (κ3) is 4.05. The van der Waals surface area contributed by atoms with Crippen molar-refractivity contribution in [2.45, 2.75) is 39.8 Å². The molecule has 1 amide bonds. The van der Waals surface area contributed by atoms with E-state index in [1.807, 2.05) is 42.7 Å². The largest absolute Gasteiger partial charge is 0.493 e. The number of anilines is 1. The smallest absolute Gasteiger partial charge is 0.258 e. The number of fused-ring (bicyclic) bond motifs is 1. The van der Waals surface area contributed by atoms with E-state index in [1.54, 1.807) is 25.3 Å². The van der Waals surface area contributed by atoms with Crippen LogP contribution < -0.4 is 14.8 Å². The number of para-hydroxylation sites is 2. The van der Waals surface area contributed by atoms with Gasteiger partial charge in [0.1, 0.15) is 0 Å². The first-order valence-corrected chi connectivity index (χ1v) is 9.14. The van der Waals surface area contributed by atoms with Crippen molar-refractivity contribution >= 4 is 22.9 Å². The molecule has 6 heteroatoms. The van der Waals surface area contributed by atoms with Crippen LogP contribution in [-0.2, 0) is 6.54 Å². The molecular formula is C21H25N3O3. The standard InChI is InChI=1S/C21H25N3O3/c1-5-12-24-17-9-7-6-8-16(17)22-21(24)23-20(25)15-10-11-18(27-14(2)3)19(13-15)26-4/h6-11,13-14H,5,12H2,1-4H3,(H,22,23,25). The maximum Gasteiger partial charge on any atom is 0.258 e. The van der Waals surface area contributed by atoms with Gasteiger partial charge in [0.05, 0.1) is 24.2 Å². The highest BCUT2D eigenvalue weighted by atomic mass is 16.5. The molecule has 27 heavy (non-hydrogen) atoms. The molecule has 6 nitrogen and oxygen atoms in total. The molecule has 2 aromatic carbocycles. The number of hydrogen-bond donors (Lipinski definition) is 1. The number of hydrogen-bond acceptors (Lipinski definition) is 4. The van der Waals surface area contributed by atoms with E-state index in [2.05, 4.69) is 17.2 Å². The van der Waals surface area contributed by atoms with Crippen molar-refractivity contribution in [3.8, 4) is 11.5 Å². The molecule has 0 radical (unpaired) electrons. The molecular weight excluding hydrogens is 342 g/mol. The first-order valence-electron chi connectivity index (χ1n) is 9.14. The van der Waals surface area contributed by atoms with Crippen molar-refractivity contribution in [1.82, 2.24) is 9.55 Å². The Balaban J connectivity index is 1.89. The molecule has 3 aromatic rings. The summed E-state index contributed by atoms with van der Waals surface area (Å²) in [6.45, 7) is 6.76. The fourth-order valence-corrected chi connectivity index (χ4v) is 2.95. The van der Waals surface area contributed by atoms with Crippen molar-refractivity contribution in [2.75, 3.05) is 12.4 Å². The average molecular weight is 367 g/mol. The van der Waals surface area contributed by atoms with E-state index in [4.69, 9.17) is 9.47 Å². The lowest BCUT2D eigenvalue weighted by Crippen LogP contribution is -2.16. The Bertz CT molecular complexity index is 947. The highest BCUT2D eigenvalue weighted by molar-refractivity contribution is 6.04. The number of rotatable bonds is 7. The van der Waals surface area contributed by atoms with Crippen molar-refractivity contribution < 1.29 is 14.3 Å². The third-order valence-corrected chi connectivity index (χ3v) is 4.12. The van der Waals surface area contributed by atoms with Crippen molar-refractivity contribution in [1.29, 1.82) is 0 Å². The van der Waals surface area contributed by atoms with Crippen LogP contribution in [0.2, 0.25) is 0 Å². The Morgan fingerprint density at radius 3 is 2.67 bits per heavy atom. The summed E-state index contributed by atoms with van der Waals surface area (Å²) in [6.07, 6.45) is 0.964. The van der Waals surface area contributed by atoms with Crippen LogP contribution in [0.1, 0.15) is 37.6 Å². The van der Waals surface area contributed by atoms with Gasteiger partial charge in [-0.2, -0.15) is 0 Å². The van der Waals surface area contributed by atoms with Crippen LogP contribution in [-0.4, -0.2) is 28.7 Å². The van der Waals surface area contributed by atoms with Crippen LogP contribution in [0.25, 0.3) is 11.0 Å². The van der Waals surface area contributed by atoms with E-state index < -0.39 is 0 Å². The molecule has 0 aliphatic heterocycles. The van der Waals surface area contributed by atoms with E-state index >= 15 is 0 Å². The maximum atomic E-state index is 12.8. The van der Waals surface area contributed by atoms with Gasteiger partial charge in [-0.05, 0) is 50.6 Å². The number of imidazole rings is 1. The van der Waals surface area contributed by atoms with E-state index in [9.17, 15) is 4.79 Å². The lowest BCUT2D eigenvalue weighted by molar-refractivity contribution is 0.102. The first kappa shape index (κ1) is 18.8. The van der Waals surface area contributed by atoms with Crippen molar-refractivity contribution in [2.24, 2.45) is 0 Å². The molecule has 0 unspecified atom stereocenters. The summed E-state index contributed by atoms with van der Waals surface area (Å²) < 4.78 is 13.1. The molecule has 142 valence electrons. The van der Waals surface area contributed by atoms with Gasteiger partial charge in [0, 0.05) is 12.1 Å². The third-order valence-electron chi connectivity index (χ3n) is 4.12. The zero-order valence-corrected chi connectivity index (χ0v) is 16.2.